The zero-order valence-electron chi connectivity index (χ0n) is 23.0. The maximum atomic E-state index is 13.0. The molecule has 0 saturated heterocycles. The van der Waals surface area contributed by atoms with Crippen LogP contribution in [0.5, 0.6) is 0 Å². The maximum absolute atomic E-state index is 13.0. The Labute approximate surface area is 204 Å². The van der Waals surface area contributed by atoms with Gasteiger partial charge in [0.05, 0.1) is 0 Å². The van der Waals surface area contributed by atoms with Crippen LogP contribution in [0.1, 0.15) is 126 Å². The SMILES string of the molecule is C=C(CC)[C@@H]1CC[C@]2(CC)CC[C@]3(C)[C@H](CC[C@@H]4[C@@]5(C)CCC(=O)C(C)(C)[C@@H]5CC[C@]43C)[C@@H]12. The van der Waals surface area contributed by atoms with Crippen molar-refractivity contribution in [2.45, 2.75) is 126 Å². The molecule has 0 aromatic carbocycles. The summed E-state index contributed by atoms with van der Waals surface area (Å²) in [6, 6.07) is 0. The number of fused-ring (bicyclic) bond motifs is 7. The highest BCUT2D eigenvalue weighted by atomic mass is 16.1. The highest BCUT2D eigenvalue weighted by molar-refractivity contribution is 5.85. The number of carbonyl (C=O) groups is 1. The largest absolute Gasteiger partial charge is 0.299 e. The minimum atomic E-state index is -0.134. The quantitative estimate of drug-likeness (QED) is 0.390. The van der Waals surface area contributed by atoms with Crippen molar-refractivity contribution >= 4 is 5.78 Å². The molecule has 0 spiro atoms. The van der Waals surface area contributed by atoms with E-state index in [1.54, 1.807) is 5.57 Å². The molecule has 5 aliphatic carbocycles. The summed E-state index contributed by atoms with van der Waals surface area (Å²) in [7, 11) is 0. The van der Waals surface area contributed by atoms with E-state index >= 15 is 0 Å². The number of carbonyl (C=O) groups excluding carboxylic acids is 1. The van der Waals surface area contributed by atoms with E-state index in [1.807, 2.05) is 0 Å². The van der Waals surface area contributed by atoms with Gasteiger partial charge in [0.2, 0.25) is 0 Å². The summed E-state index contributed by atoms with van der Waals surface area (Å²) in [5.41, 5.74) is 3.19. The van der Waals surface area contributed by atoms with Crippen molar-refractivity contribution in [2.75, 3.05) is 0 Å². The molecule has 0 heterocycles. The third kappa shape index (κ3) is 2.86. The molecular weight excluding hydrogens is 400 g/mol. The van der Waals surface area contributed by atoms with E-state index in [0.29, 0.717) is 33.4 Å². The second-order valence-corrected chi connectivity index (χ2v) is 14.7. The molecule has 0 unspecified atom stereocenters. The summed E-state index contributed by atoms with van der Waals surface area (Å²) >= 11 is 0. The summed E-state index contributed by atoms with van der Waals surface area (Å²) in [5.74, 6) is 4.37. The van der Waals surface area contributed by atoms with Crippen molar-refractivity contribution in [3.05, 3.63) is 12.2 Å². The fourth-order valence-electron chi connectivity index (χ4n) is 11.9. The van der Waals surface area contributed by atoms with Crippen LogP contribution in [0.4, 0.5) is 0 Å². The van der Waals surface area contributed by atoms with Gasteiger partial charge in [-0.3, -0.25) is 4.79 Å². The average Bonchev–Trinajstić information content (AvgIpc) is 3.17. The van der Waals surface area contributed by atoms with Crippen LogP contribution >= 0.6 is 0 Å². The van der Waals surface area contributed by atoms with Crippen LogP contribution in [-0.2, 0) is 4.79 Å². The van der Waals surface area contributed by atoms with Crippen LogP contribution in [-0.4, -0.2) is 5.78 Å². The molecule has 0 aromatic rings. The molecule has 0 radical (unpaired) electrons. The number of rotatable bonds is 3. The highest BCUT2D eigenvalue weighted by Gasteiger charge is 2.70. The Bertz CT molecular complexity index is 837. The van der Waals surface area contributed by atoms with Gasteiger partial charge in [0.25, 0.3) is 0 Å². The third-order valence-electron chi connectivity index (χ3n) is 14.0. The molecule has 9 atom stereocenters. The summed E-state index contributed by atoms with van der Waals surface area (Å²) in [4.78, 5) is 13.0. The predicted octanol–water partition coefficient (Wildman–Crippen LogP) is 9.01. The number of ketones is 1. The standard InChI is InChI=1S/C32H52O/c1-9-21(3)22-13-18-32(10-2)20-19-30(7)23(27(22)32)11-12-25-29(6)16-15-26(33)28(4,5)24(29)14-17-31(25,30)8/h22-25,27H,3,9-20H2,1-2,4-8H3/t22-,23+,24-,25+,27+,29-,30+,31+,32+/m0/s1. The number of Topliss-reactive ketones (excluding diaryl/α,β-unsaturated/α-hetero) is 1. The zero-order chi connectivity index (χ0) is 24.0. The van der Waals surface area contributed by atoms with Crippen molar-refractivity contribution < 1.29 is 4.79 Å². The molecule has 0 aromatic heterocycles. The van der Waals surface area contributed by atoms with Crippen molar-refractivity contribution in [1.29, 1.82) is 0 Å². The second-order valence-electron chi connectivity index (χ2n) is 14.7. The van der Waals surface area contributed by atoms with Gasteiger partial charge in [-0.05, 0) is 115 Å². The Kier molecular flexibility index (Phi) is 5.45. The van der Waals surface area contributed by atoms with Crippen molar-refractivity contribution in [3.8, 4) is 0 Å². The Balaban J connectivity index is 1.55. The molecule has 5 rings (SSSR count). The first kappa shape index (κ1) is 24.1. The molecule has 5 fully saturated rings. The van der Waals surface area contributed by atoms with E-state index in [2.05, 4.69) is 55.0 Å². The van der Waals surface area contributed by atoms with Crippen LogP contribution in [0.25, 0.3) is 0 Å². The monoisotopic (exact) mass is 452 g/mol. The van der Waals surface area contributed by atoms with Crippen LogP contribution in [0.15, 0.2) is 12.2 Å². The summed E-state index contributed by atoms with van der Waals surface area (Å²) in [6.45, 7) is 22.1. The summed E-state index contributed by atoms with van der Waals surface area (Å²) < 4.78 is 0. The first-order valence-corrected chi connectivity index (χ1v) is 14.6. The molecule has 1 heteroatoms. The lowest BCUT2D eigenvalue weighted by Gasteiger charge is -2.72. The topological polar surface area (TPSA) is 17.1 Å². The Morgan fingerprint density at radius 2 is 1.58 bits per heavy atom. The minimum absolute atomic E-state index is 0.134. The van der Waals surface area contributed by atoms with Gasteiger partial charge in [0, 0.05) is 11.8 Å². The lowest BCUT2D eigenvalue weighted by Crippen LogP contribution is -2.66. The Morgan fingerprint density at radius 3 is 2.24 bits per heavy atom. The van der Waals surface area contributed by atoms with Gasteiger partial charge >= 0.3 is 0 Å². The molecule has 5 saturated carbocycles. The van der Waals surface area contributed by atoms with E-state index < -0.39 is 0 Å². The maximum Gasteiger partial charge on any atom is 0.138 e. The normalized spacial score (nSPS) is 52.9. The lowest BCUT2D eigenvalue weighted by molar-refractivity contribution is -0.234. The van der Waals surface area contributed by atoms with E-state index in [1.165, 1.54) is 57.8 Å². The van der Waals surface area contributed by atoms with Crippen LogP contribution in [0, 0.1) is 56.7 Å². The van der Waals surface area contributed by atoms with E-state index in [0.717, 1.165) is 42.9 Å². The van der Waals surface area contributed by atoms with Gasteiger partial charge in [0.1, 0.15) is 5.78 Å². The smallest absolute Gasteiger partial charge is 0.138 e. The first-order chi connectivity index (χ1) is 15.4. The number of hydrogen-bond acceptors (Lipinski definition) is 1. The fourth-order valence-corrected chi connectivity index (χ4v) is 11.9. The Morgan fingerprint density at radius 1 is 0.848 bits per heavy atom. The van der Waals surface area contributed by atoms with Gasteiger partial charge in [-0.25, -0.2) is 0 Å². The zero-order valence-corrected chi connectivity index (χ0v) is 23.0. The number of allylic oxidation sites excluding steroid dienone is 1. The van der Waals surface area contributed by atoms with Crippen LogP contribution in [0.3, 0.4) is 0 Å². The van der Waals surface area contributed by atoms with Crippen molar-refractivity contribution in [3.63, 3.8) is 0 Å². The van der Waals surface area contributed by atoms with Gasteiger partial charge in [-0.1, -0.05) is 67.0 Å². The molecule has 186 valence electrons. The van der Waals surface area contributed by atoms with Crippen LogP contribution < -0.4 is 0 Å². The molecule has 1 nitrogen and oxygen atoms in total. The van der Waals surface area contributed by atoms with Gasteiger partial charge in [-0.15, -0.1) is 0 Å². The molecule has 0 N–H and O–H groups in total. The third-order valence-corrected chi connectivity index (χ3v) is 14.0. The molecule has 0 bridgehead atoms. The summed E-state index contributed by atoms with van der Waals surface area (Å²) in [6.07, 6.45) is 15.6. The average molecular weight is 453 g/mol. The van der Waals surface area contributed by atoms with Gasteiger partial charge in [0.15, 0.2) is 0 Å². The van der Waals surface area contributed by atoms with E-state index in [-0.39, 0.29) is 5.41 Å². The lowest BCUT2D eigenvalue weighted by atomic mass is 9.32. The van der Waals surface area contributed by atoms with Gasteiger partial charge < -0.3 is 0 Å². The minimum Gasteiger partial charge on any atom is -0.299 e. The summed E-state index contributed by atoms with van der Waals surface area (Å²) in [5, 5.41) is 0. The second kappa shape index (κ2) is 7.46. The fraction of sp³-hybridized carbons (Fsp3) is 0.906. The van der Waals surface area contributed by atoms with Gasteiger partial charge in [-0.2, -0.15) is 0 Å². The van der Waals surface area contributed by atoms with Crippen LogP contribution in [0.2, 0.25) is 0 Å². The van der Waals surface area contributed by atoms with Crippen molar-refractivity contribution in [1.82, 2.24) is 0 Å². The molecule has 0 aliphatic heterocycles. The number of hydrogen-bond donors (Lipinski definition) is 0. The van der Waals surface area contributed by atoms with E-state index in [4.69, 9.17) is 0 Å². The Hall–Kier alpha value is -0.590. The molecule has 33 heavy (non-hydrogen) atoms. The van der Waals surface area contributed by atoms with E-state index in [9.17, 15) is 4.79 Å². The predicted molar refractivity (Wildman–Crippen MR) is 139 cm³/mol. The van der Waals surface area contributed by atoms with Crippen molar-refractivity contribution in [2.24, 2.45) is 56.7 Å². The highest BCUT2D eigenvalue weighted by Crippen LogP contribution is 2.77. The molecule has 0 amide bonds. The molecule has 5 aliphatic rings. The molecular formula is C32H52O. The first-order valence-electron chi connectivity index (χ1n) is 14.6.